The van der Waals surface area contributed by atoms with E-state index in [0.29, 0.717) is 0 Å². The van der Waals surface area contributed by atoms with Gasteiger partial charge in [0.15, 0.2) is 0 Å². The van der Waals surface area contributed by atoms with Crippen LogP contribution in [0.5, 0.6) is 0 Å². The number of rotatable bonds is 2. The lowest BCUT2D eigenvalue weighted by Crippen LogP contribution is -1.81. The molecule has 2 heterocycles. The highest BCUT2D eigenvalue weighted by Gasteiger charge is 2.01. The van der Waals surface area contributed by atoms with Crippen molar-refractivity contribution in [1.82, 2.24) is 9.97 Å². The van der Waals surface area contributed by atoms with Crippen LogP contribution >= 0.6 is 11.3 Å². The smallest absolute Gasteiger partial charge is 0.138 e. The van der Waals surface area contributed by atoms with Crippen molar-refractivity contribution >= 4 is 11.3 Å². The number of hydrogen-bond acceptors (Lipinski definition) is 3. The molecule has 2 aromatic heterocycles. The second-order valence-corrected chi connectivity index (χ2v) is 3.21. The Morgan fingerprint density at radius 1 is 1.58 bits per heavy atom. The highest BCUT2D eigenvalue weighted by molar-refractivity contribution is 7.08. The first-order valence-electron chi connectivity index (χ1n) is 3.57. The van der Waals surface area contributed by atoms with Crippen LogP contribution < -0.4 is 0 Å². The Kier molecular flexibility index (Phi) is 1.93. The molecule has 3 nitrogen and oxygen atoms in total. The van der Waals surface area contributed by atoms with Crippen LogP contribution in [0.25, 0.3) is 11.4 Å². The average Bonchev–Trinajstić information content (AvgIpc) is 2.75. The summed E-state index contributed by atoms with van der Waals surface area (Å²) in [5.41, 5.74) is 1.82. The number of imidazole rings is 1. The van der Waals surface area contributed by atoms with Crippen LogP contribution in [0.3, 0.4) is 0 Å². The first-order chi connectivity index (χ1) is 5.90. The minimum atomic E-state index is 0.0110. The maximum absolute atomic E-state index is 8.78. The van der Waals surface area contributed by atoms with Gasteiger partial charge in [-0.3, -0.25) is 0 Å². The zero-order valence-electron chi connectivity index (χ0n) is 6.32. The standard InChI is InChI=1S/C8H8N2OS/c11-4-7-3-9-8(10-7)6-1-2-12-5-6/h1-3,5,11H,4H2,(H,9,10). The van der Waals surface area contributed by atoms with Gasteiger partial charge in [0.05, 0.1) is 18.5 Å². The molecule has 62 valence electrons. The molecule has 12 heavy (non-hydrogen) atoms. The minimum Gasteiger partial charge on any atom is -0.390 e. The molecule has 0 aliphatic heterocycles. The maximum Gasteiger partial charge on any atom is 0.138 e. The molecule has 4 heteroatoms. The number of aromatic amines is 1. The molecule has 0 radical (unpaired) electrons. The zero-order chi connectivity index (χ0) is 8.39. The van der Waals surface area contributed by atoms with Crippen molar-refractivity contribution < 1.29 is 5.11 Å². The zero-order valence-corrected chi connectivity index (χ0v) is 7.14. The monoisotopic (exact) mass is 180 g/mol. The van der Waals surface area contributed by atoms with Crippen LogP contribution in [0.15, 0.2) is 23.0 Å². The van der Waals surface area contributed by atoms with Crippen LogP contribution in [0.4, 0.5) is 0 Å². The van der Waals surface area contributed by atoms with Gasteiger partial charge in [-0.2, -0.15) is 11.3 Å². The van der Waals surface area contributed by atoms with E-state index in [2.05, 4.69) is 9.97 Å². The molecule has 0 fully saturated rings. The van der Waals surface area contributed by atoms with Crippen molar-refractivity contribution in [3.8, 4) is 11.4 Å². The lowest BCUT2D eigenvalue weighted by atomic mass is 10.3. The predicted molar refractivity (Wildman–Crippen MR) is 47.8 cm³/mol. The van der Waals surface area contributed by atoms with Crippen LogP contribution in [0, 0.1) is 0 Å². The number of aromatic nitrogens is 2. The molecule has 0 spiro atoms. The van der Waals surface area contributed by atoms with Crippen LogP contribution in [0.1, 0.15) is 5.69 Å². The fraction of sp³-hybridized carbons (Fsp3) is 0.125. The molecule has 0 amide bonds. The highest BCUT2D eigenvalue weighted by atomic mass is 32.1. The summed E-state index contributed by atoms with van der Waals surface area (Å²) >= 11 is 1.63. The molecular formula is C8H8N2OS. The third-order valence-electron chi connectivity index (χ3n) is 1.59. The van der Waals surface area contributed by atoms with Gasteiger partial charge >= 0.3 is 0 Å². The Morgan fingerprint density at radius 3 is 3.08 bits per heavy atom. The Bertz CT molecular complexity index is 353. The van der Waals surface area contributed by atoms with E-state index >= 15 is 0 Å². The molecule has 2 aromatic rings. The van der Waals surface area contributed by atoms with Gasteiger partial charge in [-0.1, -0.05) is 0 Å². The Hall–Kier alpha value is -1.13. The summed E-state index contributed by atoms with van der Waals surface area (Å²) in [5.74, 6) is 0.820. The molecular weight excluding hydrogens is 172 g/mol. The molecule has 0 bridgehead atoms. The normalized spacial score (nSPS) is 10.4. The maximum atomic E-state index is 8.78. The summed E-state index contributed by atoms with van der Waals surface area (Å²) in [6, 6.07) is 1.99. The summed E-state index contributed by atoms with van der Waals surface area (Å²) < 4.78 is 0. The topological polar surface area (TPSA) is 48.9 Å². The van der Waals surface area contributed by atoms with Crippen molar-refractivity contribution in [1.29, 1.82) is 0 Å². The lowest BCUT2D eigenvalue weighted by molar-refractivity contribution is 0.277. The lowest BCUT2D eigenvalue weighted by Gasteiger charge is -1.88. The molecule has 0 atom stereocenters. The number of nitrogens with one attached hydrogen (secondary N) is 1. The van der Waals surface area contributed by atoms with E-state index in [0.717, 1.165) is 17.1 Å². The van der Waals surface area contributed by atoms with Crippen molar-refractivity contribution in [3.05, 3.63) is 28.7 Å². The molecule has 0 aromatic carbocycles. The van der Waals surface area contributed by atoms with Crippen molar-refractivity contribution in [3.63, 3.8) is 0 Å². The fourth-order valence-electron chi connectivity index (χ4n) is 0.985. The van der Waals surface area contributed by atoms with Gasteiger partial charge in [0.1, 0.15) is 5.82 Å². The summed E-state index contributed by atoms with van der Waals surface area (Å²) in [5, 5.41) is 12.8. The van der Waals surface area contributed by atoms with E-state index in [9.17, 15) is 0 Å². The second-order valence-electron chi connectivity index (χ2n) is 2.43. The first-order valence-corrected chi connectivity index (χ1v) is 4.52. The molecule has 2 N–H and O–H groups in total. The largest absolute Gasteiger partial charge is 0.390 e. The van der Waals surface area contributed by atoms with Gasteiger partial charge in [0.25, 0.3) is 0 Å². The number of nitrogens with zero attached hydrogens (tertiary/aromatic N) is 1. The SMILES string of the molecule is OCc1cnc(-c2ccsc2)[nH]1. The van der Waals surface area contributed by atoms with Gasteiger partial charge in [-0.15, -0.1) is 0 Å². The molecule has 0 unspecified atom stereocenters. The quantitative estimate of drug-likeness (QED) is 0.738. The molecule has 0 aliphatic rings. The van der Waals surface area contributed by atoms with Crippen molar-refractivity contribution in [2.75, 3.05) is 0 Å². The van der Waals surface area contributed by atoms with Gasteiger partial charge in [-0.25, -0.2) is 4.98 Å². The third kappa shape index (κ3) is 1.26. The molecule has 0 saturated carbocycles. The van der Waals surface area contributed by atoms with Gasteiger partial charge in [-0.05, 0) is 11.4 Å². The molecule has 0 saturated heterocycles. The van der Waals surface area contributed by atoms with Gasteiger partial charge in [0.2, 0.25) is 0 Å². The summed E-state index contributed by atoms with van der Waals surface area (Å²) in [4.78, 5) is 7.13. The van der Waals surface area contributed by atoms with Crippen LogP contribution in [-0.2, 0) is 6.61 Å². The fourth-order valence-corrected chi connectivity index (χ4v) is 1.63. The summed E-state index contributed by atoms with van der Waals surface area (Å²) in [6.07, 6.45) is 1.65. The van der Waals surface area contributed by atoms with E-state index in [1.165, 1.54) is 0 Å². The Morgan fingerprint density at radius 2 is 2.50 bits per heavy atom. The van der Waals surface area contributed by atoms with E-state index in [1.54, 1.807) is 17.5 Å². The Balaban J connectivity index is 2.35. The highest BCUT2D eigenvalue weighted by Crippen LogP contribution is 2.18. The first kappa shape index (κ1) is 7.52. The molecule has 0 aliphatic carbocycles. The number of aliphatic hydroxyl groups excluding tert-OH is 1. The van der Waals surface area contributed by atoms with Crippen molar-refractivity contribution in [2.24, 2.45) is 0 Å². The average molecular weight is 180 g/mol. The van der Waals surface area contributed by atoms with E-state index < -0.39 is 0 Å². The molecule has 2 rings (SSSR count). The van der Waals surface area contributed by atoms with E-state index in [4.69, 9.17) is 5.11 Å². The van der Waals surface area contributed by atoms with Gasteiger partial charge < -0.3 is 10.1 Å². The Labute approximate surface area is 73.7 Å². The van der Waals surface area contributed by atoms with Crippen LogP contribution in [-0.4, -0.2) is 15.1 Å². The predicted octanol–water partition coefficient (Wildman–Crippen LogP) is 1.63. The summed E-state index contributed by atoms with van der Waals surface area (Å²) in [7, 11) is 0. The minimum absolute atomic E-state index is 0.0110. The third-order valence-corrected chi connectivity index (χ3v) is 2.28. The van der Waals surface area contributed by atoms with Crippen LogP contribution in [0.2, 0.25) is 0 Å². The second kappa shape index (κ2) is 3.08. The van der Waals surface area contributed by atoms with E-state index in [1.807, 2.05) is 16.8 Å². The number of thiophene rings is 1. The summed E-state index contributed by atoms with van der Waals surface area (Å²) in [6.45, 7) is 0.0110. The number of hydrogen-bond donors (Lipinski definition) is 2. The van der Waals surface area contributed by atoms with Gasteiger partial charge in [0, 0.05) is 10.9 Å². The van der Waals surface area contributed by atoms with E-state index in [-0.39, 0.29) is 6.61 Å². The number of H-pyrrole nitrogens is 1. The van der Waals surface area contributed by atoms with Crippen molar-refractivity contribution in [2.45, 2.75) is 6.61 Å². The number of aliphatic hydroxyl groups is 1.